The van der Waals surface area contributed by atoms with Crippen molar-refractivity contribution >= 4 is 29.3 Å². The molecule has 6 rings (SSSR count). The van der Waals surface area contributed by atoms with E-state index in [4.69, 9.17) is 11.6 Å². The Labute approximate surface area is 234 Å². The molecule has 1 N–H and O–H groups in total. The van der Waals surface area contributed by atoms with Crippen LogP contribution in [0.1, 0.15) is 43.0 Å². The minimum atomic E-state index is -4.51. The van der Waals surface area contributed by atoms with Gasteiger partial charge in [0, 0.05) is 16.1 Å². The molecule has 2 aromatic carbocycles. The number of halogens is 5. The number of hydrogen-bond acceptors (Lipinski definition) is 2. The fourth-order valence-electron chi connectivity index (χ4n) is 6.83. The summed E-state index contributed by atoms with van der Waals surface area (Å²) in [6.07, 6.45) is 2.39. The van der Waals surface area contributed by atoms with Crippen LogP contribution in [-0.2, 0) is 11.2 Å². The molecule has 1 fully saturated rings. The predicted molar refractivity (Wildman–Crippen MR) is 147 cm³/mol. The van der Waals surface area contributed by atoms with Crippen LogP contribution >= 0.6 is 11.6 Å². The number of fused-ring (bicyclic) bond motifs is 4. The molecule has 208 valence electrons. The van der Waals surface area contributed by atoms with Gasteiger partial charge in [-0.3, -0.25) is 4.79 Å². The number of amides is 1. The van der Waals surface area contributed by atoms with Gasteiger partial charge in [-0.15, -0.1) is 0 Å². The molecule has 0 bridgehead atoms. The lowest BCUT2D eigenvalue weighted by molar-refractivity contribution is -0.196. The third-order valence-electron chi connectivity index (χ3n) is 8.90. The second-order valence-corrected chi connectivity index (χ2v) is 11.7. The molecule has 0 spiro atoms. The van der Waals surface area contributed by atoms with Crippen LogP contribution < -0.4 is 5.32 Å². The van der Waals surface area contributed by atoms with Crippen LogP contribution in [0.3, 0.4) is 0 Å². The van der Waals surface area contributed by atoms with Crippen molar-refractivity contribution in [2.75, 3.05) is 5.32 Å². The Bertz CT molecular complexity index is 1560. The van der Waals surface area contributed by atoms with Gasteiger partial charge in [-0.25, -0.2) is 9.07 Å². The first-order chi connectivity index (χ1) is 19.0. The van der Waals surface area contributed by atoms with Crippen LogP contribution in [0.5, 0.6) is 0 Å². The standard InChI is InChI=1S/C31H28ClF4N3O/c1-17-3-7-21(14-26(17)32)38-29(40)28-23-10-4-19-13-27-18(16-37-39(27)22-8-5-20(33)6-9-22)15-30(19,2)24(23)11-12-25(28)31(34,35)36/h3,5-9,11,13-14,16,23,25,28H,4,10,12,15H2,1-2H3,(H,38,40)/t23?,25-,28-,30+/m1/s1. The smallest absolute Gasteiger partial charge is 0.326 e. The maximum absolute atomic E-state index is 14.3. The van der Waals surface area contributed by atoms with Gasteiger partial charge in [-0.1, -0.05) is 41.8 Å². The average Bonchev–Trinajstić information content (AvgIpc) is 3.30. The molecular formula is C31H28ClF4N3O. The van der Waals surface area contributed by atoms with Gasteiger partial charge in [-0.2, -0.15) is 18.3 Å². The Kier molecular flexibility index (Phi) is 6.44. The summed E-state index contributed by atoms with van der Waals surface area (Å²) in [4.78, 5) is 13.6. The van der Waals surface area contributed by atoms with E-state index in [0.717, 1.165) is 33.7 Å². The van der Waals surface area contributed by atoms with Gasteiger partial charge in [0.1, 0.15) is 5.82 Å². The largest absolute Gasteiger partial charge is 0.392 e. The Morgan fingerprint density at radius 2 is 1.93 bits per heavy atom. The summed E-state index contributed by atoms with van der Waals surface area (Å²) < 4.78 is 58.2. The molecule has 1 aromatic heterocycles. The fourth-order valence-corrected chi connectivity index (χ4v) is 7.01. The highest BCUT2D eigenvalue weighted by atomic mass is 35.5. The number of rotatable bonds is 3. The van der Waals surface area contributed by atoms with Crippen LogP contribution in [0.25, 0.3) is 11.8 Å². The van der Waals surface area contributed by atoms with Crippen LogP contribution in [0.15, 0.2) is 65.9 Å². The number of aryl methyl sites for hydroxylation is 1. The number of benzene rings is 2. The Hall–Kier alpha value is -3.39. The lowest BCUT2D eigenvalue weighted by Gasteiger charge is -2.50. The summed E-state index contributed by atoms with van der Waals surface area (Å²) in [5.41, 5.74) is 5.28. The zero-order chi connectivity index (χ0) is 28.4. The molecular weight excluding hydrogens is 542 g/mol. The van der Waals surface area contributed by atoms with Crippen molar-refractivity contribution in [2.45, 2.75) is 45.7 Å². The van der Waals surface area contributed by atoms with E-state index in [2.05, 4.69) is 23.4 Å². The Morgan fingerprint density at radius 3 is 2.62 bits per heavy atom. The van der Waals surface area contributed by atoms with E-state index in [-0.39, 0.29) is 12.2 Å². The molecule has 4 atom stereocenters. The highest BCUT2D eigenvalue weighted by molar-refractivity contribution is 6.31. The first kappa shape index (κ1) is 26.8. The lowest BCUT2D eigenvalue weighted by Crippen LogP contribution is -2.49. The van der Waals surface area contributed by atoms with Gasteiger partial charge in [0.15, 0.2) is 0 Å². The Morgan fingerprint density at radius 1 is 1.18 bits per heavy atom. The molecule has 4 nitrogen and oxygen atoms in total. The number of carbonyl (C=O) groups is 1. The molecule has 0 saturated heterocycles. The first-order valence-electron chi connectivity index (χ1n) is 13.3. The number of allylic oxidation sites excluding steroid dienone is 3. The number of aromatic nitrogens is 2. The van der Waals surface area contributed by atoms with E-state index in [1.807, 2.05) is 6.92 Å². The number of anilines is 1. The molecule has 40 heavy (non-hydrogen) atoms. The fraction of sp³-hybridized carbons (Fsp3) is 0.355. The van der Waals surface area contributed by atoms with Crippen molar-refractivity contribution in [3.63, 3.8) is 0 Å². The van der Waals surface area contributed by atoms with Crippen LogP contribution in [0, 0.1) is 35.9 Å². The zero-order valence-electron chi connectivity index (χ0n) is 22.0. The molecule has 9 heteroatoms. The lowest BCUT2D eigenvalue weighted by atomic mass is 9.54. The SMILES string of the molecule is Cc1ccc(NC(=O)[C@@H]2C3CCC4=Cc5c(cnn5-c5ccc(F)cc5)C[C@]4(C)C3=CC[C@H]2C(F)(F)F)cc1Cl. The molecule has 0 radical (unpaired) electrons. The monoisotopic (exact) mass is 569 g/mol. The summed E-state index contributed by atoms with van der Waals surface area (Å²) in [7, 11) is 0. The van der Waals surface area contributed by atoms with Crippen LogP contribution in [0.2, 0.25) is 5.02 Å². The van der Waals surface area contributed by atoms with Gasteiger partial charge in [0.2, 0.25) is 5.91 Å². The number of hydrogen-bond donors (Lipinski definition) is 1. The van der Waals surface area contributed by atoms with Gasteiger partial charge in [0.25, 0.3) is 0 Å². The van der Waals surface area contributed by atoms with E-state index in [1.54, 1.807) is 47.3 Å². The third kappa shape index (κ3) is 4.46. The molecule has 1 heterocycles. The van der Waals surface area contributed by atoms with Crippen molar-refractivity contribution in [1.29, 1.82) is 0 Å². The summed E-state index contributed by atoms with van der Waals surface area (Å²) in [6, 6.07) is 11.1. The molecule has 1 saturated carbocycles. The van der Waals surface area contributed by atoms with Crippen LogP contribution in [-0.4, -0.2) is 21.9 Å². The summed E-state index contributed by atoms with van der Waals surface area (Å²) in [5, 5.41) is 7.72. The Balaban J connectivity index is 1.35. The second kappa shape index (κ2) is 9.61. The van der Waals surface area contributed by atoms with Crippen molar-refractivity contribution in [3.8, 4) is 5.69 Å². The quantitative estimate of drug-likeness (QED) is 0.256. The number of nitrogens with zero attached hydrogens (tertiary/aromatic N) is 2. The van der Waals surface area contributed by atoms with Gasteiger partial charge < -0.3 is 5.32 Å². The minimum absolute atomic E-state index is 0.243. The minimum Gasteiger partial charge on any atom is -0.326 e. The number of nitrogens with one attached hydrogen (secondary N) is 1. The van der Waals surface area contributed by atoms with E-state index < -0.39 is 35.3 Å². The van der Waals surface area contributed by atoms with Gasteiger partial charge >= 0.3 is 6.18 Å². The van der Waals surface area contributed by atoms with E-state index in [1.165, 1.54) is 12.1 Å². The topological polar surface area (TPSA) is 46.9 Å². The summed E-state index contributed by atoms with van der Waals surface area (Å²) in [6.45, 7) is 3.89. The van der Waals surface area contributed by atoms with E-state index in [9.17, 15) is 22.4 Å². The zero-order valence-corrected chi connectivity index (χ0v) is 22.8. The molecule has 3 aliphatic carbocycles. The first-order valence-corrected chi connectivity index (χ1v) is 13.7. The molecule has 1 unspecified atom stereocenters. The highest BCUT2D eigenvalue weighted by Crippen LogP contribution is 2.59. The molecule has 3 aromatic rings. The summed E-state index contributed by atoms with van der Waals surface area (Å²) in [5.74, 6) is -4.52. The number of alkyl halides is 3. The predicted octanol–water partition coefficient (Wildman–Crippen LogP) is 8.09. The van der Waals surface area contributed by atoms with Crippen molar-refractivity contribution in [1.82, 2.24) is 9.78 Å². The van der Waals surface area contributed by atoms with Crippen molar-refractivity contribution in [2.24, 2.45) is 23.2 Å². The van der Waals surface area contributed by atoms with E-state index in [0.29, 0.717) is 30.0 Å². The van der Waals surface area contributed by atoms with Crippen LogP contribution in [0.4, 0.5) is 23.2 Å². The average molecular weight is 570 g/mol. The van der Waals surface area contributed by atoms with Crippen molar-refractivity contribution in [3.05, 3.63) is 93.5 Å². The highest BCUT2D eigenvalue weighted by Gasteiger charge is 2.56. The van der Waals surface area contributed by atoms with Gasteiger partial charge in [-0.05, 0) is 92.1 Å². The molecule has 1 amide bonds. The third-order valence-corrected chi connectivity index (χ3v) is 9.31. The maximum atomic E-state index is 14.3. The number of carbonyl (C=O) groups excluding carboxylic acids is 1. The van der Waals surface area contributed by atoms with Crippen molar-refractivity contribution < 1.29 is 22.4 Å². The van der Waals surface area contributed by atoms with E-state index >= 15 is 0 Å². The van der Waals surface area contributed by atoms with Gasteiger partial charge in [0.05, 0.1) is 29.4 Å². The second-order valence-electron chi connectivity index (χ2n) is 11.3. The summed E-state index contributed by atoms with van der Waals surface area (Å²) >= 11 is 6.21. The normalized spacial score (nSPS) is 25.7. The molecule has 0 aliphatic heterocycles. The maximum Gasteiger partial charge on any atom is 0.392 e. The molecule has 3 aliphatic rings.